The van der Waals surface area contributed by atoms with Crippen LogP contribution >= 0.6 is 23.2 Å². The Morgan fingerprint density at radius 3 is 2.35 bits per heavy atom. The number of likely N-dealkylation sites (N-methyl/N-ethyl adjacent to an activating group) is 1. The van der Waals surface area contributed by atoms with E-state index in [9.17, 15) is 9.59 Å². The van der Waals surface area contributed by atoms with Gasteiger partial charge in [-0.3, -0.25) is 9.59 Å². The number of ether oxygens (including phenoxy) is 1. The van der Waals surface area contributed by atoms with Gasteiger partial charge in [0.25, 0.3) is 0 Å². The van der Waals surface area contributed by atoms with Crippen LogP contribution in [0.1, 0.15) is 18.1 Å². The molecule has 0 aliphatic carbocycles. The summed E-state index contributed by atoms with van der Waals surface area (Å²) in [6, 6.07) is 12.3. The molecule has 0 atom stereocenters. The average Bonchev–Trinajstić information content (AvgIpc) is 2.62. The average molecular weight is 394 g/mol. The Kier molecular flexibility index (Phi) is 7.44. The predicted molar refractivity (Wildman–Crippen MR) is 102 cm³/mol. The quantitative estimate of drug-likeness (QED) is 0.449. The van der Waals surface area contributed by atoms with Crippen molar-refractivity contribution in [3.05, 3.63) is 63.6 Å². The Morgan fingerprint density at radius 2 is 1.73 bits per heavy atom. The third kappa shape index (κ3) is 5.75. The molecule has 0 saturated carbocycles. The van der Waals surface area contributed by atoms with Crippen LogP contribution in [-0.2, 0) is 16.2 Å². The number of amides is 2. The van der Waals surface area contributed by atoms with Crippen LogP contribution in [0.2, 0.25) is 10.0 Å². The van der Waals surface area contributed by atoms with Crippen molar-refractivity contribution < 1.29 is 14.3 Å². The predicted octanol–water partition coefficient (Wildman–Crippen LogP) is 3.16. The lowest BCUT2D eigenvalue weighted by Gasteiger charge is -2.09. The molecule has 6 nitrogen and oxygen atoms in total. The summed E-state index contributed by atoms with van der Waals surface area (Å²) in [7, 11) is 0. The highest BCUT2D eigenvalue weighted by Gasteiger charge is 2.10. The van der Waals surface area contributed by atoms with Crippen molar-refractivity contribution in [2.24, 2.45) is 5.10 Å². The van der Waals surface area contributed by atoms with Crippen LogP contribution < -0.4 is 15.5 Å². The Hall–Kier alpha value is -2.57. The first-order valence-corrected chi connectivity index (χ1v) is 8.54. The Bertz CT molecular complexity index is 788. The fraction of sp³-hybridized carbons (Fsp3) is 0.167. The van der Waals surface area contributed by atoms with Gasteiger partial charge in [0.2, 0.25) is 0 Å². The van der Waals surface area contributed by atoms with E-state index in [1.54, 1.807) is 49.4 Å². The molecule has 2 aromatic carbocycles. The summed E-state index contributed by atoms with van der Waals surface area (Å²) in [5, 5.41) is 7.20. The van der Waals surface area contributed by atoms with Crippen molar-refractivity contribution in [1.29, 1.82) is 0 Å². The molecule has 2 rings (SSSR count). The molecule has 2 amide bonds. The molecule has 0 unspecified atom stereocenters. The SMILES string of the molecule is CCNC(=O)C(=O)N/N=C\c1ccc(OCc2c(Cl)cccc2Cl)cc1. The molecule has 0 heterocycles. The van der Waals surface area contributed by atoms with E-state index < -0.39 is 11.8 Å². The second-order valence-corrected chi connectivity index (χ2v) is 5.93. The molecule has 136 valence electrons. The molecule has 0 bridgehead atoms. The number of carbonyl (C=O) groups is 2. The molecule has 0 radical (unpaired) electrons. The van der Waals surface area contributed by atoms with Crippen LogP contribution in [0.3, 0.4) is 0 Å². The first-order valence-electron chi connectivity index (χ1n) is 7.78. The van der Waals surface area contributed by atoms with Gasteiger partial charge in [0.1, 0.15) is 12.4 Å². The van der Waals surface area contributed by atoms with Crippen LogP contribution in [-0.4, -0.2) is 24.6 Å². The molecular formula is C18H17Cl2N3O3. The number of hydrazone groups is 1. The summed E-state index contributed by atoms with van der Waals surface area (Å²) in [5.74, 6) is -0.921. The molecule has 26 heavy (non-hydrogen) atoms. The van der Waals surface area contributed by atoms with Crippen molar-refractivity contribution in [3.63, 3.8) is 0 Å². The van der Waals surface area contributed by atoms with E-state index in [2.05, 4.69) is 15.8 Å². The zero-order chi connectivity index (χ0) is 18.9. The number of benzene rings is 2. The zero-order valence-corrected chi connectivity index (χ0v) is 15.5. The fourth-order valence-electron chi connectivity index (χ4n) is 1.93. The van der Waals surface area contributed by atoms with Gasteiger partial charge >= 0.3 is 11.8 Å². The van der Waals surface area contributed by atoms with Gasteiger partial charge in [0.15, 0.2) is 0 Å². The number of halogens is 2. The maximum absolute atomic E-state index is 11.4. The minimum atomic E-state index is -0.820. The Balaban J connectivity index is 1.89. The molecule has 0 aromatic heterocycles. The fourth-order valence-corrected chi connectivity index (χ4v) is 2.44. The smallest absolute Gasteiger partial charge is 0.329 e. The van der Waals surface area contributed by atoms with Crippen LogP contribution in [0.5, 0.6) is 5.75 Å². The van der Waals surface area contributed by atoms with E-state index in [4.69, 9.17) is 27.9 Å². The largest absolute Gasteiger partial charge is 0.489 e. The van der Waals surface area contributed by atoms with Crippen LogP contribution in [0, 0.1) is 0 Å². The normalized spacial score (nSPS) is 10.6. The van der Waals surface area contributed by atoms with E-state index in [1.165, 1.54) is 6.21 Å². The summed E-state index contributed by atoms with van der Waals surface area (Å²) in [6.45, 7) is 2.34. The number of carbonyl (C=O) groups excluding carboxylic acids is 2. The van der Waals surface area contributed by atoms with E-state index in [-0.39, 0.29) is 6.61 Å². The number of nitrogens with zero attached hydrogens (tertiary/aromatic N) is 1. The van der Waals surface area contributed by atoms with E-state index in [1.807, 2.05) is 0 Å². The van der Waals surface area contributed by atoms with Gasteiger partial charge in [0.05, 0.1) is 6.21 Å². The van der Waals surface area contributed by atoms with Gasteiger partial charge in [-0.2, -0.15) is 5.10 Å². The van der Waals surface area contributed by atoms with Crippen LogP contribution in [0.15, 0.2) is 47.6 Å². The Morgan fingerprint density at radius 1 is 1.08 bits per heavy atom. The van der Waals surface area contributed by atoms with Crippen molar-refractivity contribution in [1.82, 2.24) is 10.7 Å². The van der Waals surface area contributed by atoms with Gasteiger partial charge in [-0.1, -0.05) is 29.3 Å². The molecule has 0 spiro atoms. The monoisotopic (exact) mass is 393 g/mol. The summed E-state index contributed by atoms with van der Waals surface area (Å²) >= 11 is 12.2. The maximum Gasteiger partial charge on any atom is 0.329 e. The van der Waals surface area contributed by atoms with Crippen LogP contribution in [0.4, 0.5) is 0 Å². The highest BCUT2D eigenvalue weighted by Crippen LogP contribution is 2.25. The van der Waals surface area contributed by atoms with Gasteiger partial charge in [-0.05, 0) is 48.9 Å². The first kappa shape index (κ1) is 19.8. The number of rotatable bonds is 6. The molecule has 0 aliphatic heterocycles. The molecule has 2 aromatic rings. The second-order valence-electron chi connectivity index (χ2n) is 5.12. The standard InChI is InChI=1S/C18H17Cl2N3O3/c1-2-21-17(24)18(25)23-22-10-12-6-8-13(9-7-12)26-11-14-15(19)4-3-5-16(14)20/h3-10H,2,11H2,1H3,(H,21,24)(H,23,25)/b22-10-. The molecule has 2 N–H and O–H groups in total. The van der Waals surface area contributed by atoms with Gasteiger partial charge in [-0.15, -0.1) is 0 Å². The number of hydrogen-bond acceptors (Lipinski definition) is 4. The van der Waals surface area contributed by atoms with E-state index >= 15 is 0 Å². The summed E-state index contributed by atoms with van der Waals surface area (Å²) in [5.41, 5.74) is 3.59. The minimum Gasteiger partial charge on any atom is -0.489 e. The molecule has 0 fully saturated rings. The molecule has 0 aliphatic rings. The summed E-state index contributed by atoms with van der Waals surface area (Å²) in [6.07, 6.45) is 1.42. The number of nitrogens with one attached hydrogen (secondary N) is 2. The third-order valence-corrected chi connectivity index (χ3v) is 3.96. The lowest BCUT2D eigenvalue weighted by atomic mass is 10.2. The van der Waals surface area contributed by atoms with Gasteiger partial charge in [-0.25, -0.2) is 5.43 Å². The lowest BCUT2D eigenvalue weighted by molar-refractivity contribution is -0.139. The zero-order valence-electron chi connectivity index (χ0n) is 14.0. The minimum absolute atomic E-state index is 0.245. The lowest BCUT2D eigenvalue weighted by Crippen LogP contribution is -2.37. The van der Waals surface area contributed by atoms with Gasteiger partial charge < -0.3 is 10.1 Å². The summed E-state index contributed by atoms with van der Waals surface area (Å²) < 4.78 is 5.67. The van der Waals surface area contributed by atoms with Crippen LogP contribution in [0.25, 0.3) is 0 Å². The van der Waals surface area contributed by atoms with Crippen molar-refractivity contribution in [3.8, 4) is 5.75 Å². The highest BCUT2D eigenvalue weighted by atomic mass is 35.5. The van der Waals surface area contributed by atoms with E-state index in [0.717, 1.165) is 11.1 Å². The first-order chi connectivity index (χ1) is 12.5. The Labute approximate surface area is 161 Å². The maximum atomic E-state index is 11.4. The van der Waals surface area contributed by atoms with Crippen molar-refractivity contribution >= 4 is 41.2 Å². The molecule has 8 heteroatoms. The van der Waals surface area contributed by atoms with Crippen molar-refractivity contribution in [2.75, 3.05) is 6.54 Å². The third-order valence-electron chi connectivity index (χ3n) is 3.25. The second kappa shape index (κ2) is 9.79. The summed E-state index contributed by atoms with van der Waals surface area (Å²) in [4.78, 5) is 22.6. The van der Waals surface area contributed by atoms with E-state index in [0.29, 0.717) is 22.3 Å². The molecule has 0 saturated heterocycles. The topological polar surface area (TPSA) is 79.8 Å². The molecular weight excluding hydrogens is 377 g/mol. The van der Waals surface area contributed by atoms with Crippen molar-refractivity contribution in [2.45, 2.75) is 13.5 Å². The number of hydrogen-bond donors (Lipinski definition) is 2. The highest BCUT2D eigenvalue weighted by molar-refractivity contribution is 6.36. The van der Waals surface area contributed by atoms with Gasteiger partial charge in [0, 0.05) is 22.2 Å².